The van der Waals surface area contributed by atoms with E-state index < -0.39 is 0 Å². The highest BCUT2D eigenvalue weighted by atomic mass is 35.5. The second kappa shape index (κ2) is 6.45. The molecule has 116 valence electrons. The fourth-order valence-corrected chi connectivity index (χ4v) is 4.09. The number of hydrogen-bond acceptors (Lipinski definition) is 2. The summed E-state index contributed by atoms with van der Waals surface area (Å²) in [7, 11) is 4.07. The Labute approximate surface area is 137 Å². The molecule has 1 aliphatic heterocycles. The van der Waals surface area contributed by atoms with Crippen molar-refractivity contribution in [2.24, 2.45) is 11.8 Å². The van der Waals surface area contributed by atoms with E-state index in [9.17, 15) is 0 Å². The molecular weight excluding hydrogens is 305 g/mol. The van der Waals surface area contributed by atoms with Crippen molar-refractivity contribution in [3.63, 3.8) is 0 Å². The summed E-state index contributed by atoms with van der Waals surface area (Å²) in [6, 6.07) is 6.11. The zero-order valence-electron chi connectivity index (χ0n) is 12.7. The SMILES string of the molecule is COC(C1CC1)[C@H]1CN(C)CC[C@H]1c1ccc(Cl)c(Cl)c1. The molecule has 21 heavy (non-hydrogen) atoms. The Hall–Kier alpha value is -0.280. The monoisotopic (exact) mass is 327 g/mol. The molecule has 1 aliphatic carbocycles. The zero-order chi connectivity index (χ0) is 15.0. The Morgan fingerprint density at radius 3 is 2.57 bits per heavy atom. The minimum absolute atomic E-state index is 0.368. The molecular formula is C17H23Cl2NO. The number of halogens is 2. The standard InChI is InChI=1S/C17H23Cl2NO/c1-20-8-7-13(12-5-6-15(18)16(19)9-12)14(10-20)17(21-2)11-3-4-11/h5-6,9,11,13-14,17H,3-4,7-8,10H2,1-2H3/t13-,14-,17?/m0/s1. The molecule has 2 fully saturated rings. The summed E-state index contributed by atoms with van der Waals surface area (Å²) in [6.07, 6.45) is 4.15. The van der Waals surface area contributed by atoms with Crippen molar-refractivity contribution in [2.75, 3.05) is 27.2 Å². The van der Waals surface area contributed by atoms with Gasteiger partial charge in [-0.3, -0.25) is 0 Å². The van der Waals surface area contributed by atoms with Gasteiger partial charge in [0.1, 0.15) is 0 Å². The lowest BCUT2D eigenvalue weighted by Gasteiger charge is -2.41. The van der Waals surface area contributed by atoms with Crippen molar-refractivity contribution in [1.29, 1.82) is 0 Å². The lowest BCUT2D eigenvalue weighted by atomic mass is 9.76. The Bertz CT molecular complexity index is 504. The first-order chi connectivity index (χ1) is 10.1. The average Bonchev–Trinajstić information content (AvgIpc) is 3.28. The summed E-state index contributed by atoms with van der Waals surface area (Å²) < 4.78 is 5.88. The molecule has 1 unspecified atom stereocenters. The van der Waals surface area contributed by atoms with Crippen molar-refractivity contribution >= 4 is 23.2 Å². The Kier molecular flexibility index (Phi) is 4.80. The van der Waals surface area contributed by atoms with Crippen LogP contribution in [0.4, 0.5) is 0 Å². The van der Waals surface area contributed by atoms with Gasteiger partial charge >= 0.3 is 0 Å². The molecule has 2 aliphatic rings. The first-order valence-corrected chi connectivity index (χ1v) is 8.52. The number of benzene rings is 1. The molecule has 0 bridgehead atoms. The van der Waals surface area contributed by atoms with Crippen LogP contribution < -0.4 is 0 Å². The largest absolute Gasteiger partial charge is 0.381 e. The van der Waals surface area contributed by atoms with Crippen LogP contribution in [0.3, 0.4) is 0 Å². The molecule has 1 saturated heterocycles. The first-order valence-electron chi connectivity index (χ1n) is 7.76. The van der Waals surface area contributed by atoms with E-state index in [1.165, 1.54) is 18.4 Å². The van der Waals surface area contributed by atoms with Crippen LogP contribution in [0.2, 0.25) is 10.0 Å². The summed E-state index contributed by atoms with van der Waals surface area (Å²) in [5.41, 5.74) is 1.31. The molecule has 4 heteroatoms. The van der Waals surface area contributed by atoms with Crippen molar-refractivity contribution in [3.8, 4) is 0 Å². The molecule has 0 aromatic heterocycles. The summed E-state index contributed by atoms with van der Waals surface area (Å²) in [4.78, 5) is 2.42. The molecule has 0 N–H and O–H groups in total. The van der Waals surface area contributed by atoms with Gasteiger partial charge in [0, 0.05) is 19.6 Å². The topological polar surface area (TPSA) is 12.5 Å². The van der Waals surface area contributed by atoms with Crippen molar-refractivity contribution in [3.05, 3.63) is 33.8 Å². The second-order valence-electron chi connectivity index (χ2n) is 6.53. The van der Waals surface area contributed by atoms with Gasteiger partial charge in [-0.05, 0) is 62.4 Å². The lowest BCUT2D eigenvalue weighted by molar-refractivity contribution is -0.00380. The van der Waals surface area contributed by atoms with Gasteiger partial charge in [0.15, 0.2) is 0 Å². The number of nitrogens with zero attached hydrogens (tertiary/aromatic N) is 1. The van der Waals surface area contributed by atoms with Gasteiger partial charge < -0.3 is 9.64 Å². The number of likely N-dealkylation sites (tertiary alicyclic amines) is 1. The first kappa shape index (κ1) is 15.6. The molecule has 1 aromatic rings. The number of methoxy groups -OCH3 is 1. The highest BCUT2D eigenvalue weighted by Crippen LogP contribution is 2.45. The van der Waals surface area contributed by atoms with Gasteiger partial charge in [-0.1, -0.05) is 29.3 Å². The summed E-state index contributed by atoms with van der Waals surface area (Å²) in [5, 5.41) is 1.29. The van der Waals surface area contributed by atoms with Crippen LogP contribution >= 0.6 is 23.2 Å². The highest BCUT2D eigenvalue weighted by molar-refractivity contribution is 6.42. The van der Waals surface area contributed by atoms with Gasteiger partial charge in [-0.15, -0.1) is 0 Å². The van der Waals surface area contributed by atoms with Crippen molar-refractivity contribution < 1.29 is 4.74 Å². The van der Waals surface area contributed by atoms with Gasteiger partial charge in [0.25, 0.3) is 0 Å². The van der Waals surface area contributed by atoms with E-state index in [0.717, 1.165) is 25.4 Å². The molecule has 3 rings (SSSR count). The van der Waals surface area contributed by atoms with E-state index in [1.54, 1.807) is 0 Å². The van der Waals surface area contributed by atoms with Crippen LogP contribution in [0.1, 0.15) is 30.7 Å². The summed E-state index contributed by atoms with van der Waals surface area (Å²) >= 11 is 12.3. The third-order valence-electron chi connectivity index (χ3n) is 5.01. The van der Waals surface area contributed by atoms with Crippen LogP contribution in [0.5, 0.6) is 0 Å². The van der Waals surface area contributed by atoms with Gasteiger partial charge in [-0.25, -0.2) is 0 Å². The molecule has 0 radical (unpaired) electrons. The third-order valence-corrected chi connectivity index (χ3v) is 5.75. The number of piperidine rings is 1. The Morgan fingerprint density at radius 1 is 1.19 bits per heavy atom. The molecule has 3 atom stereocenters. The molecule has 1 saturated carbocycles. The maximum absolute atomic E-state index is 6.22. The van der Waals surface area contributed by atoms with E-state index in [1.807, 2.05) is 19.2 Å². The number of hydrogen-bond donors (Lipinski definition) is 0. The lowest BCUT2D eigenvalue weighted by Crippen LogP contribution is -2.44. The van der Waals surface area contributed by atoms with E-state index in [-0.39, 0.29) is 0 Å². The molecule has 1 heterocycles. The van der Waals surface area contributed by atoms with E-state index >= 15 is 0 Å². The predicted molar refractivity (Wildman–Crippen MR) is 88.3 cm³/mol. The van der Waals surface area contributed by atoms with Crippen molar-refractivity contribution in [1.82, 2.24) is 4.90 Å². The molecule has 0 spiro atoms. The maximum atomic E-state index is 6.22. The van der Waals surface area contributed by atoms with Gasteiger partial charge in [0.05, 0.1) is 16.1 Å². The van der Waals surface area contributed by atoms with Gasteiger partial charge in [-0.2, -0.15) is 0 Å². The van der Waals surface area contributed by atoms with Crippen LogP contribution in [0.15, 0.2) is 18.2 Å². The Balaban J connectivity index is 1.87. The van der Waals surface area contributed by atoms with Crippen LogP contribution in [-0.2, 0) is 4.74 Å². The number of ether oxygens (including phenoxy) is 1. The van der Waals surface area contributed by atoms with Crippen molar-refractivity contribution in [2.45, 2.75) is 31.3 Å². The quantitative estimate of drug-likeness (QED) is 0.809. The summed E-state index contributed by atoms with van der Waals surface area (Å²) in [6.45, 7) is 2.22. The van der Waals surface area contributed by atoms with E-state index in [4.69, 9.17) is 27.9 Å². The normalized spacial score (nSPS) is 28.6. The predicted octanol–water partition coefficient (Wildman–Crippen LogP) is 4.45. The molecule has 1 aromatic carbocycles. The minimum atomic E-state index is 0.368. The maximum Gasteiger partial charge on any atom is 0.0645 e. The number of rotatable bonds is 4. The summed E-state index contributed by atoms with van der Waals surface area (Å²) in [5.74, 6) is 1.80. The van der Waals surface area contributed by atoms with Crippen LogP contribution in [0.25, 0.3) is 0 Å². The van der Waals surface area contributed by atoms with Crippen LogP contribution in [0, 0.1) is 11.8 Å². The van der Waals surface area contributed by atoms with E-state index in [2.05, 4.69) is 18.0 Å². The molecule has 2 nitrogen and oxygen atoms in total. The highest BCUT2D eigenvalue weighted by Gasteiger charge is 2.42. The average molecular weight is 328 g/mol. The van der Waals surface area contributed by atoms with Gasteiger partial charge in [0.2, 0.25) is 0 Å². The van der Waals surface area contributed by atoms with E-state index in [0.29, 0.717) is 28.0 Å². The smallest absolute Gasteiger partial charge is 0.0645 e. The molecule has 0 amide bonds. The fraction of sp³-hybridized carbons (Fsp3) is 0.647. The Morgan fingerprint density at radius 2 is 1.95 bits per heavy atom. The zero-order valence-corrected chi connectivity index (χ0v) is 14.2. The fourth-order valence-electron chi connectivity index (χ4n) is 3.78. The third kappa shape index (κ3) is 3.39. The van der Waals surface area contributed by atoms with Crippen LogP contribution in [-0.4, -0.2) is 38.3 Å². The minimum Gasteiger partial charge on any atom is -0.381 e. The second-order valence-corrected chi connectivity index (χ2v) is 7.35.